The minimum Gasteiger partial charge on any atom is -0.507 e. The standard InChI is InChI=1S/C16H9Cl2N5O2/c17-14-21-15(18)23-16(22-14)19-8-5-6-9(11(24)7-8)13-20-10-3-1-2-4-12(10)25-13/h1-7,24H,(H,19,21,22,23). The first kappa shape index (κ1) is 15.6. The SMILES string of the molecule is Oc1cc(Nc2nc(Cl)nc(Cl)n2)ccc1-c1nc2ccccc2o1. The van der Waals surface area contributed by atoms with Crippen LogP contribution in [0.25, 0.3) is 22.6 Å². The average molecular weight is 374 g/mol. The lowest BCUT2D eigenvalue weighted by Gasteiger charge is -2.07. The first-order chi connectivity index (χ1) is 12.1. The van der Waals surface area contributed by atoms with Gasteiger partial charge in [-0.15, -0.1) is 0 Å². The number of phenols is 1. The molecule has 124 valence electrons. The lowest BCUT2D eigenvalue weighted by Crippen LogP contribution is -1.99. The van der Waals surface area contributed by atoms with Crippen molar-refractivity contribution in [3.63, 3.8) is 0 Å². The van der Waals surface area contributed by atoms with Crippen LogP contribution in [0.5, 0.6) is 5.75 Å². The van der Waals surface area contributed by atoms with Crippen LogP contribution >= 0.6 is 23.2 Å². The first-order valence-electron chi connectivity index (χ1n) is 7.11. The molecule has 0 aliphatic heterocycles. The molecule has 9 heteroatoms. The highest BCUT2D eigenvalue weighted by Gasteiger charge is 2.13. The van der Waals surface area contributed by atoms with Crippen LogP contribution in [0.3, 0.4) is 0 Å². The number of fused-ring (bicyclic) bond motifs is 1. The van der Waals surface area contributed by atoms with E-state index in [1.54, 1.807) is 12.1 Å². The third kappa shape index (κ3) is 3.19. The Morgan fingerprint density at radius 1 is 0.920 bits per heavy atom. The van der Waals surface area contributed by atoms with E-state index in [1.165, 1.54) is 6.07 Å². The van der Waals surface area contributed by atoms with Crippen LogP contribution in [0.15, 0.2) is 46.9 Å². The summed E-state index contributed by atoms with van der Waals surface area (Å²) in [5, 5.41) is 13.1. The highest BCUT2D eigenvalue weighted by molar-refractivity contribution is 6.31. The molecule has 0 saturated carbocycles. The maximum atomic E-state index is 10.3. The van der Waals surface area contributed by atoms with E-state index in [1.807, 2.05) is 24.3 Å². The number of phenolic OH excluding ortho intramolecular Hbond substituents is 1. The van der Waals surface area contributed by atoms with Crippen molar-refractivity contribution >= 4 is 45.9 Å². The van der Waals surface area contributed by atoms with Crippen LogP contribution in [0.2, 0.25) is 10.6 Å². The number of nitrogens with zero attached hydrogens (tertiary/aromatic N) is 4. The summed E-state index contributed by atoms with van der Waals surface area (Å²) in [5.74, 6) is 0.485. The van der Waals surface area contributed by atoms with E-state index < -0.39 is 0 Å². The lowest BCUT2D eigenvalue weighted by atomic mass is 10.2. The van der Waals surface area contributed by atoms with E-state index in [0.717, 1.165) is 0 Å². The Labute approximate surface area is 151 Å². The zero-order valence-electron chi connectivity index (χ0n) is 12.4. The van der Waals surface area contributed by atoms with Crippen molar-refractivity contribution in [1.82, 2.24) is 19.9 Å². The third-order valence-electron chi connectivity index (χ3n) is 3.36. The monoisotopic (exact) mass is 373 g/mol. The maximum Gasteiger partial charge on any atom is 0.232 e. The van der Waals surface area contributed by atoms with Crippen molar-refractivity contribution in [3.05, 3.63) is 53.0 Å². The Kier molecular flexibility index (Phi) is 3.87. The van der Waals surface area contributed by atoms with Crippen LogP contribution < -0.4 is 5.32 Å². The summed E-state index contributed by atoms with van der Waals surface area (Å²) in [7, 11) is 0. The molecule has 4 aromatic rings. The molecule has 0 spiro atoms. The van der Waals surface area contributed by atoms with E-state index in [-0.39, 0.29) is 22.3 Å². The molecule has 0 fully saturated rings. The molecule has 25 heavy (non-hydrogen) atoms. The predicted octanol–water partition coefficient (Wildman–Crippen LogP) is 4.44. The molecule has 0 radical (unpaired) electrons. The number of nitrogens with one attached hydrogen (secondary N) is 1. The molecule has 0 saturated heterocycles. The molecule has 2 aromatic heterocycles. The largest absolute Gasteiger partial charge is 0.507 e. The molecule has 0 unspecified atom stereocenters. The van der Waals surface area contributed by atoms with Gasteiger partial charge in [-0.05, 0) is 47.5 Å². The summed E-state index contributed by atoms with van der Waals surface area (Å²) in [6, 6.07) is 12.3. The van der Waals surface area contributed by atoms with Gasteiger partial charge >= 0.3 is 0 Å². The number of hydrogen-bond donors (Lipinski definition) is 2. The van der Waals surface area contributed by atoms with Crippen LogP contribution in [-0.2, 0) is 0 Å². The van der Waals surface area contributed by atoms with E-state index in [4.69, 9.17) is 27.6 Å². The molecule has 0 aliphatic rings. The summed E-state index contributed by atoms with van der Waals surface area (Å²) < 4.78 is 5.67. The minimum atomic E-state index is -0.0326. The molecule has 4 rings (SSSR count). The summed E-state index contributed by atoms with van der Waals surface area (Å²) in [6.07, 6.45) is 0. The van der Waals surface area contributed by atoms with Gasteiger partial charge in [0.25, 0.3) is 0 Å². The molecule has 7 nitrogen and oxygen atoms in total. The molecule has 2 heterocycles. The second-order valence-corrected chi connectivity index (χ2v) is 5.72. The van der Waals surface area contributed by atoms with E-state index in [2.05, 4.69) is 25.3 Å². The van der Waals surface area contributed by atoms with Gasteiger partial charge in [0.15, 0.2) is 5.58 Å². The highest BCUT2D eigenvalue weighted by Crippen LogP contribution is 2.33. The summed E-state index contributed by atoms with van der Waals surface area (Å²) in [4.78, 5) is 15.8. The van der Waals surface area contributed by atoms with Crippen molar-refractivity contribution in [2.75, 3.05) is 5.32 Å². The lowest BCUT2D eigenvalue weighted by molar-refractivity contribution is 0.474. The van der Waals surface area contributed by atoms with Gasteiger partial charge in [0, 0.05) is 11.8 Å². The van der Waals surface area contributed by atoms with Crippen LogP contribution in [0.1, 0.15) is 0 Å². The Hall–Kier alpha value is -2.90. The number of oxazole rings is 1. The zero-order valence-corrected chi connectivity index (χ0v) is 14.0. The van der Waals surface area contributed by atoms with Crippen molar-refractivity contribution in [2.45, 2.75) is 0 Å². The van der Waals surface area contributed by atoms with E-state index >= 15 is 0 Å². The summed E-state index contributed by atoms with van der Waals surface area (Å²) >= 11 is 11.5. The quantitative estimate of drug-likeness (QED) is 0.547. The van der Waals surface area contributed by atoms with Crippen LogP contribution in [0.4, 0.5) is 11.6 Å². The van der Waals surface area contributed by atoms with Gasteiger partial charge in [0.2, 0.25) is 22.4 Å². The van der Waals surface area contributed by atoms with Gasteiger partial charge in [-0.2, -0.15) is 15.0 Å². The second-order valence-electron chi connectivity index (χ2n) is 5.04. The normalized spacial score (nSPS) is 11.0. The molecule has 2 N–H and O–H groups in total. The van der Waals surface area contributed by atoms with Gasteiger partial charge in [-0.3, -0.25) is 0 Å². The van der Waals surface area contributed by atoms with Gasteiger partial charge in [0.05, 0.1) is 5.56 Å². The fourth-order valence-electron chi connectivity index (χ4n) is 2.29. The number of halogens is 2. The first-order valence-corrected chi connectivity index (χ1v) is 7.87. The smallest absolute Gasteiger partial charge is 0.232 e. The van der Waals surface area contributed by atoms with Crippen molar-refractivity contribution in [2.24, 2.45) is 0 Å². The predicted molar refractivity (Wildman–Crippen MR) is 94.2 cm³/mol. The highest BCUT2D eigenvalue weighted by atomic mass is 35.5. The number of hydrogen-bond acceptors (Lipinski definition) is 7. The van der Waals surface area contributed by atoms with E-state index in [9.17, 15) is 5.11 Å². The molecular formula is C16H9Cl2N5O2. The number of aromatic nitrogens is 4. The Morgan fingerprint density at radius 3 is 2.40 bits per heavy atom. The zero-order chi connectivity index (χ0) is 17.4. The average Bonchev–Trinajstić information content (AvgIpc) is 2.97. The topological polar surface area (TPSA) is 97.0 Å². The van der Waals surface area contributed by atoms with Gasteiger partial charge < -0.3 is 14.8 Å². The number of aromatic hydroxyl groups is 1. The third-order valence-corrected chi connectivity index (χ3v) is 3.70. The number of anilines is 2. The van der Waals surface area contributed by atoms with E-state index in [0.29, 0.717) is 28.2 Å². The summed E-state index contributed by atoms with van der Waals surface area (Å²) in [6.45, 7) is 0. The molecule has 0 bridgehead atoms. The van der Waals surface area contributed by atoms with Crippen molar-refractivity contribution < 1.29 is 9.52 Å². The van der Waals surface area contributed by atoms with Crippen molar-refractivity contribution in [1.29, 1.82) is 0 Å². The number of benzene rings is 2. The summed E-state index contributed by atoms with van der Waals surface area (Å²) in [5.41, 5.74) is 2.37. The fraction of sp³-hybridized carbons (Fsp3) is 0. The maximum absolute atomic E-state index is 10.3. The fourth-order valence-corrected chi connectivity index (χ4v) is 2.65. The second kappa shape index (κ2) is 6.19. The number of rotatable bonds is 3. The van der Waals surface area contributed by atoms with Crippen LogP contribution in [-0.4, -0.2) is 25.0 Å². The molecular weight excluding hydrogens is 365 g/mol. The van der Waals surface area contributed by atoms with Gasteiger partial charge in [-0.1, -0.05) is 12.1 Å². The van der Waals surface area contributed by atoms with Gasteiger partial charge in [0.1, 0.15) is 11.3 Å². The van der Waals surface area contributed by atoms with Crippen LogP contribution in [0, 0.1) is 0 Å². The minimum absolute atomic E-state index is 0.0113. The molecule has 0 amide bonds. The molecule has 2 aromatic carbocycles. The molecule has 0 atom stereocenters. The molecule has 0 aliphatic carbocycles. The Balaban J connectivity index is 1.66. The number of para-hydroxylation sites is 2. The Bertz CT molecular complexity index is 1030. The van der Waals surface area contributed by atoms with Gasteiger partial charge in [-0.25, -0.2) is 4.98 Å². The van der Waals surface area contributed by atoms with Crippen molar-refractivity contribution in [3.8, 4) is 17.2 Å². The Morgan fingerprint density at radius 2 is 1.68 bits per heavy atom.